The highest BCUT2D eigenvalue weighted by molar-refractivity contribution is 5.75. The van der Waals surface area contributed by atoms with Crippen molar-refractivity contribution in [3.63, 3.8) is 0 Å². The summed E-state index contributed by atoms with van der Waals surface area (Å²) in [5.74, 6) is 1.12. The first-order valence-electron chi connectivity index (χ1n) is 7.77. The monoisotopic (exact) mass is 266 g/mol. The van der Waals surface area contributed by atoms with Gasteiger partial charge in [0.25, 0.3) is 17.1 Å². The second-order valence-electron chi connectivity index (χ2n) is 4.83. The molecule has 0 amide bonds. The van der Waals surface area contributed by atoms with Crippen LogP contribution in [0.15, 0.2) is 36.9 Å². The van der Waals surface area contributed by atoms with Gasteiger partial charge in [0.05, 0.1) is 29.4 Å². The molecule has 0 aromatic carbocycles. The molecule has 0 bridgehead atoms. The molecule has 6 nitrogen and oxygen atoms in total. The van der Waals surface area contributed by atoms with E-state index in [9.17, 15) is 0 Å². The lowest BCUT2D eigenvalue weighted by Crippen LogP contribution is -2.32. The number of hydrogen-bond acceptors (Lipinski definition) is 3. The van der Waals surface area contributed by atoms with E-state index in [-0.39, 0.29) is 0 Å². The standard InChI is InChI=1S/C14H11N6/c1-18-11-13(19-6-2-4-16-14(19)17-11)20-8-9-7-15-5-3-10(9)12(18)20/h2-7H,8H2,1H3/q+1/i1D3. The van der Waals surface area contributed by atoms with Crippen LogP contribution in [0, 0.1) is 0 Å². The number of imidazole rings is 2. The van der Waals surface area contributed by atoms with Crippen molar-refractivity contribution in [1.29, 1.82) is 0 Å². The molecule has 0 unspecified atom stereocenters. The van der Waals surface area contributed by atoms with Crippen LogP contribution in [-0.4, -0.2) is 23.9 Å². The lowest BCUT2D eigenvalue weighted by molar-refractivity contribution is -0.648. The van der Waals surface area contributed by atoms with Gasteiger partial charge in [-0.1, -0.05) is 0 Å². The van der Waals surface area contributed by atoms with Gasteiger partial charge in [-0.05, 0) is 12.1 Å². The Hall–Kier alpha value is -2.76. The fourth-order valence-electron chi connectivity index (χ4n) is 2.94. The molecule has 5 heterocycles. The van der Waals surface area contributed by atoms with Crippen LogP contribution in [0.4, 0.5) is 0 Å². The molecule has 96 valence electrons. The lowest BCUT2D eigenvalue weighted by Gasteiger charge is -1.95. The van der Waals surface area contributed by atoms with Gasteiger partial charge in [0.1, 0.15) is 0 Å². The summed E-state index contributed by atoms with van der Waals surface area (Å²) in [7, 11) is 0. The van der Waals surface area contributed by atoms with Crippen LogP contribution in [0.3, 0.4) is 0 Å². The summed E-state index contributed by atoms with van der Waals surface area (Å²) in [5, 5.41) is 0. The van der Waals surface area contributed by atoms with E-state index in [1.807, 2.05) is 21.2 Å². The van der Waals surface area contributed by atoms with Crippen molar-refractivity contribution in [3.05, 3.63) is 42.5 Å². The summed E-state index contributed by atoms with van der Waals surface area (Å²) in [6.07, 6.45) is 6.94. The molecule has 0 radical (unpaired) electrons. The Kier molecular flexibility index (Phi) is 1.24. The first kappa shape index (κ1) is 7.74. The Morgan fingerprint density at radius 1 is 1.40 bits per heavy atom. The van der Waals surface area contributed by atoms with Crippen LogP contribution < -0.4 is 4.57 Å². The van der Waals surface area contributed by atoms with Gasteiger partial charge in [0.15, 0.2) is 0 Å². The van der Waals surface area contributed by atoms with Gasteiger partial charge in [0.2, 0.25) is 5.82 Å². The predicted octanol–water partition coefficient (Wildman–Crippen LogP) is 0.932. The average molecular weight is 266 g/mol. The van der Waals surface area contributed by atoms with Crippen LogP contribution in [-0.2, 0) is 13.5 Å². The van der Waals surface area contributed by atoms with E-state index in [4.69, 9.17) is 4.11 Å². The zero-order valence-corrected chi connectivity index (χ0v) is 10.4. The molecule has 4 aromatic rings. The molecule has 0 saturated heterocycles. The second kappa shape index (κ2) is 3.22. The van der Waals surface area contributed by atoms with Crippen molar-refractivity contribution in [2.45, 2.75) is 6.54 Å². The zero-order valence-electron chi connectivity index (χ0n) is 13.4. The topological polar surface area (TPSA) is 51.9 Å². The Morgan fingerprint density at radius 2 is 2.40 bits per heavy atom. The van der Waals surface area contributed by atoms with Gasteiger partial charge < -0.3 is 0 Å². The van der Waals surface area contributed by atoms with Crippen molar-refractivity contribution in [2.24, 2.45) is 6.98 Å². The third-order valence-electron chi connectivity index (χ3n) is 3.77. The van der Waals surface area contributed by atoms with Crippen molar-refractivity contribution in [3.8, 4) is 11.4 Å². The minimum atomic E-state index is -2.33. The maximum atomic E-state index is 7.95. The van der Waals surface area contributed by atoms with E-state index in [1.165, 1.54) is 4.57 Å². The number of nitrogens with zero attached hydrogens (tertiary/aromatic N) is 6. The first-order valence-corrected chi connectivity index (χ1v) is 6.27. The summed E-state index contributed by atoms with van der Waals surface area (Å²) >= 11 is 0. The highest BCUT2D eigenvalue weighted by Crippen LogP contribution is 2.29. The Labute approximate surface area is 118 Å². The average Bonchev–Trinajstić information content (AvgIpc) is 3.12. The van der Waals surface area contributed by atoms with Gasteiger partial charge in [0, 0.05) is 24.2 Å². The van der Waals surface area contributed by atoms with E-state index in [1.54, 1.807) is 24.7 Å². The third kappa shape index (κ3) is 1.01. The molecule has 5 rings (SSSR count). The molecule has 0 N–H and O–H groups in total. The van der Waals surface area contributed by atoms with Crippen molar-refractivity contribution < 1.29 is 8.68 Å². The summed E-state index contributed by atoms with van der Waals surface area (Å²) in [6, 6.07) is 3.65. The molecule has 0 spiro atoms. The van der Waals surface area contributed by atoms with Gasteiger partial charge >= 0.3 is 0 Å². The molecular weight excluding hydrogens is 252 g/mol. The molecule has 1 aliphatic heterocycles. The zero-order chi connectivity index (χ0) is 15.8. The normalized spacial score (nSPS) is 15.9. The Morgan fingerprint density at radius 3 is 3.35 bits per heavy atom. The largest absolute Gasteiger partial charge is 0.299 e. The third-order valence-corrected chi connectivity index (χ3v) is 3.77. The summed E-state index contributed by atoms with van der Waals surface area (Å²) in [4.78, 5) is 12.8. The summed E-state index contributed by atoms with van der Waals surface area (Å²) in [6.45, 7) is -1.76. The van der Waals surface area contributed by atoms with Gasteiger partial charge in [-0.3, -0.25) is 4.98 Å². The van der Waals surface area contributed by atoms with Crippen LogP contribution >= 0.6 is 0 Å². The minimum absolute atomic E-state index is 0.418. The van der Waals surface area contributed by atoms with E-state index in [2.05, 4.69) is 15.0 Å². The number of hydrogen-bond donors (Lipinski definition) is 0. The minimum Gasteiger partial charge on any atom is -0.264 e. The number of rotatable bonds is 0. The summed E-state index contributed by atoms with van der Waals surface area (Å²) in [5.41, 5.74) is 3.03. The lowest BCUT2D eigenvalue weighted by atomic mass is 10.2. The van der Waals surface area contributed by atoms with Gasteiger partial charge in [-0.15, -0.1) is 0 Å². The second-order valence-corrected chi connectivity index (χ2v) is 4.83. The molecule has 0 saturated carbocycles. The van der Waals surface area contributed by atoms with E-state index >= 15 is 0 Å². The number of aryl methyl sites for hydroxylation is 1. The highest BCUT2D eigenvalue weighted by atomic mass is 15.3. The van der Waals surface area contributed by atoms with Gasteiger partial charge in [-0.25, -0.2) is 14.1 Å². The molecule has 0 atom stereocenters. The molecule has 1 aliphatic rings. The molecule has 6 heteroatoms. The highest BCUT2D eigenvalue weighted by Gasteiger charge is 2.34. The van der Waals surface area contributed by atoms with Crippen molar-refractivity contribution in [1.82, 2.24) is 23.9 Å². The van der Waals surface area contributed by atoms with Crippen molar-refractivity contribution in [2.75, 3.05) is 0 Å². The fraction of sp³-hybridized carbons (Fsp3) is 0.143. The van der Waals surface area contributed by atoms with Crippen LogP contribution in [0.25, 0.3) is 28.5 Å². The van der Waals surface area contributed by atoms with E-state index in [0.717, 1.165) is 16.8 Å². The van der Waals surface area contributed by atoms with Crippen LogP contribution in [0.1, 0.15) is 9.68 Å². The van der Waals surface area contributed by atoms with Crippen molar-refractivity contribution >= 4 is 17.1 Å². The quantitative estimate of drug-likeness (QED) is 0.392. The SMILES string of the molecule is [2H]C([2H])([2H])n1c2[n+](c3c1nc1ncccn13)Cc1cnccc1-2. The van der Waals surface area contributed by atoms with E-state index in [0.29, 0.717) is 23.8 Å². The maximum Gasteiger partial charge on any atom is 0.299 e. The predicted molar refractivity (Wildman–Crippen MR) is 72.0 cm³/mol. The van der Waals surface area contributed by atoms with Crippen LogP contribution in [0.5, 0.6) is 0 Å². The molecule has 20 heavy (non-hydrogen) atoms. The molecule has 4 aromatic heterocycles. The van der Waals surface area contributed by atoms with Crippen LogP contribution in [0.2, 0.25) is 0 Å². The Bertz CT molecular complexity index is 1090. The molecule has 0 fully saturated rings. The maximum absolute atomic E-state index is 7.95. The van der Waals surface area contributed by atoms with E-state index < -0.39 is 6.98 Å². The number of aromatic nitrogens is 6. The first-order chi connectivity index (χ1) is 11.1. The number of fused-ring (bicyclic) bond motifs is 7. The summed E-state index contributed by atoms with van der Waals surface area (Å²) < 4.78 is 29.0. The molecule has 0 aliphatic carbocycles. The fourth-order valence-corrected chi connectivity index (χ4v) is 2.94. The van der Waals surface area contributed by atoms with Gasteiger partial charge in [-0.2, -0.15) is 9.38 Å². The smallest absolute Gasteiger partial charge is 0.264 e. The number of pyridine rings is 1. The molecular formula is C14H11N6+. The Balaban J connectivity index is 2.01.